The van der Waals surface area contributed by atoms with Gasteiger partial charge < -0.3 is 10.1 Å². The molecule has 0 saturated carbocycles. The van der Waals surface area contributed by atoms with Crippen molar-refractivity contribution in [2.45, 2.75) is 18.9 Å². The van der Waals surface area contributed by atoms with Crippen molar-refractivity contribution in [3.63, 3.8) is 0 Å². The van der Waals surface area contributed by atoms with Gasteiger partial charge in [-0.3, -0.25) is 9.78 Å². The monoisotopic (exact) mass is 356 g/mol. The molecule has 1 aliphatic rings. The van der Waals surface area contributed by atoms with E-state index in [1.807, 2.05) is 0 Å². The molecule has 134 valence electrons. The van der Waals surface area contributed by atoms with Crippen LogP contribution in [0.5, 0.6) is 0 Å². The Morgan fingerprint density at radius 3 is 2.67 bits per heavy atom. The van der Waals surface area contributed by atoms with Crippen LogP contribution in [0.4, 0.5) is 0 Å². The van der Waals surface area contributed by atoms with Crippen LogP contribution in [0, 0.1) is 0 Å². The standard InChI is InChI=1S/C15H24N4O4S/c1-18(2)24(21,22)19(14-5-10-23-11-6-14)9-8-17-15(20)13-4-3-7-16-12-13/h3-4,7,12,14H,5-6,8-11H2,1-2H3,(H,17,20). The Morgan fingerprint density at radius 1 is 1.38 bits per heavy atom. The summed E-state index contributed by atoms with van der Waals surface area (Å²) >= 11 is 0. The molecular weight excluding hydrogens is 332 g/mol. The van der Waals surface area contributed by atoms with Crippen molar-refractivity contribution in [3.05, 3.63) is 30.1 Å². The predicted molar refractivity (Wildman–Crippen MR) is 89.7 cm³/mol. The molecule has 1 N–H and O–H groups in total. The first-order chi connectivity index (χ1) is 11.4. The molecule has 8 nitrogen and oxygen atoms in total. The lowest BCUT2D eigenvalue weighted by Gasteiger charge is -2.34. The molecule has 1 saturated heterocycles. The molecule has 1 aliphatic heterocycles. The number of hydrogen-bond donors (Lipinski definition) is 1. The Morgan fingerprint density at radius 2 is 2.08 bits per heavy atom. The van der Waals surface area contributed by atoms with E-state index in [1.165, 1.54) is 28.9 Å². The predicted octanol–water partition coefficient (Wildman–Crippen LogP) is 0.0988. The average molecular weight is 356 g/mol. The normalized spacial score (nSPS) is 16.5. The van der Waals surface area contributed by atoms with Crippen LogP contribution in [0.3, 0.4) is 0 Å². The third-order valence-electron chi connectivity index (χ3n) is 3.90. The minimum Gasteiger partial charge on any atom is -0.381 e. The van der Waals surface area contributed by atoms with Gasteiger partial charge in [0.05, 0.1) is 5.56 Å². The molecule has 9 heteroatoms. The van der Waals surface area contributed by atoms with E-state index in [1.54, 1.807) is 18.3 Å². The first-order valence-electron chi connectivity index (χ1n) is 7.88. The lowest BCUT2D eigenvalue weighted by atomic mass is 10.1. The number of ether oxygens (including phenoxy) is 1. The van der Waals surface area contributed by atoms with Crippen molar-refractivity contribution in [2.75, 3.05) is 40.4 Å². The van der Waals surface area contributed by atoms with Gasteiger partial charge in [0.25, 0.3) is 16.1 Å². The van der Waals surface area contributed by atoms with Crippen molar-refractivity contribution in [1.82, 2.24) is 18.9 Å². The minimum absolute atomic E-state index is 0.110. The first kappa shape index (κ1) is 18.8. The van der Waals surface area contributed by atoms with Crippen LogP contribution in [0.2, 0.25) is 0 Å². The second kappa shape index (κ2) is 8.52. The van der Waals surface area contributed by atoms with E-state index in [0.29, 0.717) is 31.6 Å². The van der Waals surface area contributed by atoms with Crippen LogP contribution >= 0.6 is 0 Å². The van der Waals surface area contributed by atoms with Crippen molar-refractivity contribution in [3.8, 4) is 0 Å². The molecule has 0 aromatic carbocycles. The number of hydrogen-bond acceptors (Lipinski definition) is 5. The highest BCUT2D eigenvalue weighted by molar-refractivity contribution is 7.86. The maximum atomic E-state index is 12.6. The molecule has 1 aromatic rings. The van der Waals surface area contributed by atoms with Gasteiger partial charge in [0.1, 0.15) is 0 Å². The number of nitrogens with one attached hydrogen (secondary N) is 1. The van der Waals surface area contributed by atoms with Crippen molar-refractivity contribution >= 4 is 16.1 Å². The quantitative estimate of drug-likeness (QED) is 0.748. The zero-order chi connectivity index (χ0) is 17.6. The van der Waals surface area contributed by atoms with Crippen LogP contribution < -0.4 is 5.32 Å². The smallest absolute Gasteiger partial charge is 0.281 e. The largest absolute Gasteiger partial charge is 0.381 e. The number of aromatic nitrogens is 1. The maximum Gasteiger partial charge on any atom is 0.281 e. The molecule has 24 heavy (non-hydrogen) atoms. The highest BCUT2D eigenvalue weighted by Gasteiger charge is 2.32. The van der Waals surface area contributed by atoms with Gasteiger partial charge in [0.2, 0.25) is 0 Å². The average Bonchev–Trinajstić information content (AvgIpc) is 2.59. The summed E-state index contributed by atoms with van der Waals surface area (Å²) in [5, 5.41) is 2.74. The van der Waals surface area contributed by atoms with E-state index in [-0.39, 0.29) is 25.0 Å². The van der Waals surface area contributed by atoms with Crippen LogP contribution in [0.25, 0.3) is 0 Å². The van der Waals surface area contributed by atoms with E-state index < -0.39 is 10.2 Å². The van der Waals surface area contributed by atoms with Gasteiger partial charge in [0.15, 0.2) is 0 Å². The molecule has 0 radical (unpaired) electrons. The third-order valence-corrected chi connectivity index (χ3v) is 5.89. The Labute approximate surface area is 143 Å². The van der Waals surface area contributed by atoms with Gasteiger partial charge in [-0.05, 0) is 25.0 Å². The summed E-state index contributed by atoms with van der Waals surface area (Å²) in [6, 6.07) is 3.23. The van der Waals surface area contributed by atoms with Crippen molar-refractivity contribution in [1.29, 1.82) is 0 Å². The molecule has 2 rings (SSSR count). The molecule has 1 aromatic heterocycles. The zero-order valence-electron chi connectivity index (χ0n) is 14.0. The highest BCUT2D eigenvalue weighted by Crippen LogP contribution is 2.19. The van der Waals surface area contributed by atoms with Crippen LogP contribution in [-0.4, -0.2) is 74.4 Å². The van der Waals surface area contributed by atoms with Gasteiger partial charge in [-0.2, -0.15) is 17.0 Å². The van der Waals surface area contributed by atoms with Gasteiger partial charge in [-0.15, -0.1) is 0 Å². The van der Waals surface area contributed by atoms with Crippen molar-refractivity contribution in [2.24, 2.45) is 0 Å². The van der Waals surface area contributed by atoms with E-state index in [2.05, 4.69) is 10.3 Å². The fourth-order valence-electron chi connectivity index (χ4n) is 2.55. The molecule has 0 atom stereocenters. The lowest BCUT2D eigenvalue weighted by molar-refractivity contribution is 0.0571. The Bertz CT molecular complexity index is 630. The van der Waals surface area contributed by atoms with E-state index in [9.17, 15) is 13.2 Å². The fraction of sp³-hybridized carbons (Fsp3) is 0.600. The van der Waals surface area contributed by atoms with Gasteiger partial charge in [0, 0.05) is 58.8 Å². The molecular formula is C15H24N4O4S. The molecule has 0 bridgehead atoms. The summed E-state index contributed by atoms with van der Waals surface area (Å²) < 4.78 is 33.1. The SMILES string of the molecule is CN(C)S(=O)(=O)N(CCNC(=O)c1cccnc1)C1CCOCC1. The molecule has 1 amide bonds. The molecule has 0 unspecified atom stereocenters. The van der Waals surface area contributed by atoms with Crippen molar-refractivity contribution < 1.29 is 17.9 Å². The summed E-state index contributed by atoms with van der Waals surface area (Å²) in [7, 11) is -0.534. The van der Waals surface area contributed by atoms with Crippen LogP contribution in [0.15, 0.2) is 24.5 Å². The number of carbonyl (C=O) groups excluding carboxylic acids is 1. The summed E-state index contributed by atoms with van der Waals surface area (Å²) in [6.45, 7) is 1.55. The fourth-order valence-corrected chi connectivity index (χ4v) is 3.88. The van der Waals surface area contributed by atoms with Crippen LogP contribution in [0.1, 0.15) is 23.2 Å². The minimum atomic E-state index is -3.55. The number of nitrogens with zero attached hydrogens (tertiary/aromatic N) is 3. The number of amides is 1. The highest BCUT2D eigenvalue weighted by atomic mass is 32.2. The Kier molecular flexibility index (Phi) is 6.67. The molecule has 0 spiro atoms. The van der Waals surface area contributed by atoms with E-state index in [0.717, 1.165) is 0 Å². The van der Waals surface area contributed by atoms with Gasteiger partial charge in [-0.25, -0.2) is 0 Å². The van der Waals surface area contributed by atoms with E-state index in [4.69, 9.17) is 4.74 Å². The Hall–Kier alpha value is -1.55. The first-order valence-corrected chi connectivity index (χ1v) is 9.28. The maximum absolute atomic E-state index is 12.6. The third kappa shape index (κ3) is 4.73. The molecule has 1 fully saturated rings. The lowest BCUT2D eigenvalue weighted by Crippen LogP contribution is -2.50. The number of pyridine rings is 1. The Balaban J connectivity index is 1.99. The van der Waals surface area contributed by atoms with Crippen LogP contribution in [-0.2, 0) is 14.9 Å². The number of carbonyl (C=O) groups is 1. The second-order valence-electron chi connectivity index (χ2n) is 5.74. The van der Waals surface area contributed by atoms with Gasteiger partial charge in [-0.1, -0.05) is 0 Å². The van der Waals surface area contributed by atoms with E-state index >= 15 is 0 Å². The number of rotatable bonds is 7. The topological polar surface area (TPSA) is 91.8 Å². The summed E-state index contributed by atoms with van der Waals surface area (Å²) in [4.78, 5) is 15.9. The summed E-state index contributed by atoms with van der Waals surface area (Å²) in [5.41, 5.74) is 0.450. The summed E-state index contributed by atoms with van der Waals surface area (Å²) in [6.07, 6.45) is 4.38. The zero-order valence-corrected chi connectivity index (χ0v) is 14.8. The van der Waals surface area contributed by atoms with Gasteiger partial charge >= 0.3 is 0 Å². The second-order valence-corrected chi connectivity index (χ2v) is 7.84. The summed E-state index contributed by atoms with van der Waals surface area (Å²) in [5.74, 6) is -0.266. The molecule has 0 aliphatic carbocycles. The molecule has 2 heterocycles.